The van der Waals surface area contributed by atoms with Gasteiger partial charge in [0.05, 0.1) is 21.9 Å². The van der Waals surface area contributed by atoms with Crippen molar-refractivity contribution in [2.45, 2.75) is 13.0 Å². The van der Waals surface area contributed by atoms with Crippen molar-refractivity contribution in [1.29, 1.82) is 0 Å². The van der Waals surface area contributed by atoms with E-state index in [1.807, 2.05) is 0 Å². The number of non-ortho nitro benzene ring substituents is 1. The normalized spacial score (nSPS) is 15.2. The number of benzene rings is 2. The number of carbonyl (C=O) groups is 1. The molecule has 0 radical (unpaired) electrons. The summed E-state index contributed by atoms with van der Waals surface area (Å²) in [6.07, 6.45) is 0. The van der Waals surface area contributed by atoms with Gasteiger partial charge in [-0.25, -0.2) is 9.37 Å². The van der Waals surface area contributed by atoms with Crippen LogP contribution in [0.4, 0.5) is 15.9 Å². The number of aryl methyl sites for hydroxylation is 1. The molecule has 4 aromatic rings. The van der Waals surface area contributed by atoms with Gasteiger partial charge in [0.2, 0.25) is 5.76 Å². The average molecular weight is 431 g/mol. The number of carbonyl (C=O) groups excluding carboxylic acids is 1. The Balaban J connectivity index is 1.80. The highest BCUT2D eigenvalue weighted by atomic mass is 19.1. The minimum absolute atomic E-state index is 0.00233. The van der Waals surface area contributed by atoms with Crippen LogP contribution in [0.5, 0.6) is 0 Å². The molecule has 9 heteroatoms. The highest BCUT2D eigenvalue weighted by Crippen LogP contribution is 2.41. The number of fused-ring (bicyclic) bond motifs is 2. The third kappa shape index (κ3) is 2.94. The third-order valence-corrected chi connectivity index (χ3v) is 5.37. The first-order valence-electron chi connectivity index (χ1n) is 9.63. The number of anilines is 1. The Kier molecular flexibility index (Phi) is 4.33. The van der Waals surface area contributed by atoms with Gasteiger partial charge in [0, 0.05) is 17.8 Å². The molecule has 158 valence electrons. The summed E-state index contributed by atoms with van der Waals surface area (Å²) in [6.45, 7) is 1.76. The standard InChI is InChI=1S/C23H14FN3O5/c1-12-3-2-4-18(25-12)26-20(13-5-8-15(9-6-13)27(30)31)19-21(28)16-11-14(24)7-10-17(16)32-22(19)23(26)29/h2-11,20H,1H3/t20-/m1/s1. The van der Waals surface area contributed by atoms with E-state index in [0.717, 1.165) is 12.1 Å². The van der Waals surface area contributed by atoms with Gasteiger partial charge < -0.3 is 4.42 Å². The summed E-state index contributed by atoms with van der Waals surface area (Å²) in [5.74, 6) is -1.07. The fraction of sp³-hybridized carbons (Fsp3) is 0.0870. The van der Waals surface area contributed by atoms with Crippen molar-refractivity contribution in [3.8, 4) is 0 Å². The van der Waals surface area contributed by atoms with Crippen molar-refractivity contribution >= 4 is 28.4 Å². The average Bonchev–Trinajstić information content (AvgIpc) is 3.07. The maximum atomic E-state index is 13.8. The molecule has 0 bridgehead atoms. The second-order valence-electron chi connectivity index (χ2n) is 7.38. The minimum atomic E-state index is -0.948. The Labute approximate surface area is 179 Å². The second-order valence-corrected chi connectivity index (χ2v) is 7.38. The first-order chi connectivity index (χ1) is 15.3. The molecule has 0 saturated heterocycles. The van der Waals surface area contributed by atoms with Crippen LogP contribution in [-0.2, 0) is 0 Å². The number of nitrogens with zero attached hydrogens (tertiary/aromatic N) is 3. The van der Waals surface area contributed by atoms with E-state index >= 15 is 0 Å². The molecule has 2 aromatic heterocycles. The number of aromatic nitrogens is 1. The van der Waals surface area contributed by atoms with Crippen LogP contribution in [0.15, 0.2) is 69.9 Å². The molecule has 2 aromatic carbocycles. The van der Waals surface area contributed by atoms with Crippen LogP contribution in [0.25, 0.3) is 11.0 Å². The number of hydrogen-bond acceptors (Lipinski definition) is 6. The zero-order chi connectivity index (χ0) is 22.6. The van der Waals surface area contributed by atoms with Crippen molar-refractivity contribution < 1.29 is 18.5 Å². The highest BCUT2D eigenvalue weighted by Gasteiger charge is 2.44. The van der Waals surface area contributed by atoms with E-state index in [2.05, 4.69) is 4.98 Å². The van der Waals surface area contributed by atoms with E-state index in [1.165, 1.54) is 35.2 Å². The molecule has 3 heterocycles. The molecule has 1 aliphatic heterocycles. The van der Waals surface area contributed by atoms with E-state index in [0.29, 0.717) is 17.1 Å². The predicted octanol–water partition coefficient (Wildman–Crippen LogP) is 4.29. The number of amides is 1. The van der Waals surface area contributed by atoms with E-state index in [4.69, 9.17) is 4.42 Å². The van der Waals surface area contributed by atoms with Gasteiger partial charge >= 0.3 is 0 Å². The van der Waals surface area contributed by atoms with Gasteiger partial charge in [0.15, 0.2) is 5.43 Å². The van der Waals surface area contributed by atoms with Crippen molar-refractivity contribution in [2.75, 3.05) is 4.90 Å². The number of nitro groups is 1. The van der Waals surface area contributed by atoms with Crippen LogP contribution in [0.3, 0.4) is 0 Å². The Hall–Kier alpha value is -4.40. The SMILES string of the molecule is Cc1cccc(N2C(=O)c3oc4ccc(F)cc4c(=O)c3[C@H]2c2ccc([N+](=O)[O-])cc2)n1. The third-order valence-electron chi connectivity index (χ3n) is 5.37. The molecular weight excluding hydrogens is 417 g/mol. The Morgan fingerprint density at radius 2 is 1.84 bits per heavy atom. The number of rotatable bonds is 3. The molecular formula is C23H14FN3O5. The number of halogens is 1. The molecule has 0 saturated carbocycles. The van der Waals surface area contributed by atoms with Crippen LogP contribution in [0.2, 0.25) is 0 Å². The topological polar surface area (TPSA) is 107 Å². The van der Waals surface area contributed by atoms with Gasteiger partial charge in [-0.1, -0.05) is 6.07 Å². The van der Waals surface area contributed by atoms with Gasteiger partial charge in [0.1, 0.15) is 17.2 Å². The van der Waals surface area contributed by atoms with Crippen molar-refractivity contribution in [1.82, 2.24) is 4.98 Å². The first kappa shape index (κ1) is 19.6. The van der Waals surface area contributed by atoms with E-state index in [1.54, 1.807) is 25.1 Å². The molecule has 0 fully saturated rings. The summed E-state index contributed by atoms with van der Waals surface area (Å²) in [5.41, 5.74) is 0.545. The van der Waals surface area contributed by atoms with Crippen LogP contribution in [0, 0.1) is 22.9 Å². The summed E-state index contributed by atoms with van der Waals surface area (Å²) >= 11 is 0. The molecule has 1 amide bonds. The van der Waals surface area contributed by atoms with Crippen LogP contribution in [-0.4, -0.2) is 15.8 Å². The maximum absolute atomic E-state index is 13.8. The van der Waals surface area contributed by atoms with Gasteiger partial charge in [-0.05, 0) is 55.0 Å². The maximum Gasteiger partial charge on any atom is 0.296 e. The van der Waals surface area contributed by atoms with Crippen LogP contribution >= 0.6 is 0 Å². The molecule has 0 aliphatic carbocycles. The minimum Gasteiger partial charge on any atom is -0.450 e. The monoisotopic (exact) mass is 431 g/mol. The van der Waals surface area contributed by atoms with E-state index < -0.39 is 28.1 Å². The number of nitro benzene ring substituents is 1. The fourth-order valence-electron chi connectivity index (χ4n) is 3.94. The summed E-state index contributed by atoms with van der Waals surface area (Å²) in [5, 5.41) is 11.1. The molecule has 5 rings (SSSR count). The molecule has 1 atom stereocenters. The highest BCUT2D eigenvalue weighted by molar-refractivity contribution is 6.10. The predicted molar refractivity (Wildman–Crippen MR) is 113 cm³/mol. The molecule has 0 spiro atoms. The van der Waals surface area contributed by atoms with E-state index in [-0.39, 0.29) is 28.0 Å². The van der Waals surface area contributed by atoms with Gasteiger partial charge in [-0.3, -0.25) is 24.6 Å². The summed E-state index contributed by atoms with van der Waals surface area (Å²) in [6, 6.07) is 13.2. The lowest BCUT2D eigenvalue weighted by Crippen LogP contribution is -2.30. The Morgan fingerprint density at radius 3 is 2.53 bits per heavy atom. The zero-order valence-corrected chi connectivity index (χ0v) is 16.6. The van der Waals surface area contributed by atoms with Crippen molar-refractivity contribution in [2.24, 2.45) is 0 Å². The zero-order valence-electron chi connectivity index (χ0n) is 16.6. The summed E-state index contributed by atoms with van der Waals surface area (Å²) in [7, 11) is 0. The largest absolute Gasteiger partial charge is 0.450 e. The smallest absolute Gasteiger partial charge is 0.296 e. The number of pyridine rings is 1. The Bertz CT molecular complexity index is 1480. The molecule has 8 nitrogen and oxygen atoms in total. The molecule has 32 heavy (non-hydrogen) atoms. The van der Waals surface area contributed by atoms with Crippen LogP contribution in [0.1, 0.15) is 33.4 Å². The molecule has 0 N–H and O–H groups in total. The second kappa shape index (κ2) is 7.09. The van der Waals surface area contributed by atoms with Crippen molar-refractivity contribution in [3.05, 3.63) is 109 Å². The first-order valence-corrected chi connectivity index (χ1v) is 9.63. The van der Waals surface area contributed by atoms with Crippen molar-refractivity contribution in [3.63, 3.8) is 0 Å². The lowest BCUT2D eigenvalue weighted by molar-refractivity contribution is -0.384. The molecule has 0 unspecified atom stereocenters. The molecule has 1 aliphatic rings. The van der Waals surface area contributed by atoms with Gasteiger partial charge in [-0.15, -0.1) is 0 Å². The van der Waals surface area contributed by atoms with Gasteiger partial charge in [-0.2, -0.15) is 0 Å². The lowest BCUT2D eigenvalue weighted by Gasteiger charge is -2.24. The van der Waals surface area contributed by atoms with Gasteiger partial charge in [0.25, 0.3) is 11.6 Å². The Morgan fingerprint density at radius 1 is 1.09 bits per heavy atom. The lowest BCUT2D eigenvalue weighted by atomic mass is 9.98. The number of hydrogen-bond donors (Lipinski definition) is 0. The summed E-state index contributed by atoms with van der Waals surface area (Å²) in [4.78, 5) is 43.1. The fourth-order valence-corrected chi connectivity index (χ4v) is 3.94. The quantitative estimate of drug-likeness (QED) is 0.354. The van der Waals surface area contributed by atoms with Crippen LogP contribution < -0.4 is 10.3 Å². The van der Waals surface area contributed by atoms with E-state index in [9.17, 15) is 24.1 Å². The summed E-state index contributed by atoms with van der Waals surface area (Å²) < 4.78 is 19.6.